The molecule has 1 fully saturated rings. The molecule has 4 heteroatoms. The molecule has 0 spiro atoms. The second-order valence-corrected chi connectivity index (χ2v) is 5.72. The Hall–Kier alpha value is -1.55. The molecule has 1 amide bonds. The normalized spacial score (nSPS) is 22.1. The summed E-state index contributed by atoms with van der Waals surface area (Å²) in [5.74, 6) is 0.557. The van der Waals surface area contributed by atoms with Gasteiger partial charge in [-0.1, -0.05) is 18.2 Å². The summed E-state index contributed by atoms with van der Waals surface area (Å²) in [5.41, 5.74) is 2.46. The van der Waals surface area contributed by atoms with Gasteiger partial charge in [0, 0.05) is 50.9 Å². The summed E-state index contributed by atoms with van der Waals surface area (Å²) < 4.78 is 5.36. The maximum Gasteiger partial charge on any atom is 0.223 e. The van der Waals surface area contributed by atoms with Crippen LogP contribution in [-0.4, -0.2) is 43.7 Å². The van der Waals surface area contributed by atoms with Gasteiger partial charge in [0.2, 0.25) is 5.91 Å². The zero-order valence-corrected chi connectivity index (χ0v) is 12.0. The van der Waals surface area contributed by atoms with Gasteiger partial charge in [-0.3, -0.25) is 4.79 Å². The van der Waals surface area contributed by atoms with Gasteiger partial charge in [-0.25, -0.2) is 0 Å². The molecule has 0 aromatic heterocycles. The Labute approximate surface area is 120 Å². The molecule has 2 aliphatic rings. The highest BCUT2D eigenvalue weighted by molar-refractivity contribution is 5.78. The standard InChI is InChI=1S/C16H22N2O2/c1-18(13-6-8-20-9-7-13)16(19)10-12-11-17-15-5-3-2-4-14(12)15/h2-5,12-13,17H,6-11H2,1H3. The number of hydrogen-bond acceptors (Lipinski definition) is 3. The quantitative estimate of drug-likeness (QED) is 0.919. The smallest absolute Gasteiger partial charge is 0.223 e. The first-order valence-corrected chi connectivity index (χ1v) is 7.42. The molecule has 0 bridgehead atoms. The van der Waals surface area contributed by atoms with Crippen molar-refractivity contribution in [3.63, 3.8) is 0 Å². The number of para-hydroxylation sites is 1. The topological polar surface area (TPSA) is 41.6 Å². The molecule has 1 unspecified atom stereocenters. The number of rotatable bonds is 3. The third-order valence-electron chi connectivity index (χ3n) is 4.49. The number of ether oxygens (including phenoxy) is 1. The summed E-state index contributed by atoms with van der Waals surface area (Å²) >= 11 is 0. The van der Waals surface area contributed by atoms with Crippen LogP contribution in [0.2, 0.25) is 0 Å². The Morgan fingerprint density at radius 1 is 1.35 bits per heavy atom. The van der Waals surface area contributed by atoms with Gasteiger partial charge in [-0.2, -0.15) is 0 Å². The Bertz CT molecular complexity index is 483. The molecule has 0 saturated carbocycles. The van der Waals surface area contributed by atoms with Crippen molar-refractivity contribution in [3.8, 4) is 0 Å². The molecule has 3 rings (SSSR count). The van der Waals surface area contributed by atoms with Gasteiger partial charge >= 0.3 is 0 Å². The minimum Gasteiger partial charge on any atom is -0.384 e. The van der Waals surface area contributed by atoms with E-state index in [1.807, 2.05) is 24.1 Å². The molecule has 1 N–H and O–H groups in total. The van der Waals surface area contributed by atoms with Crippen molar-refractivity contribution in [2.75, 3.05) is 32.1 Å². The second kappa shape index (κ2) is 5.83. The minimum absolute atomic E-state index is 0.250. The molecule has 1 aromatic rings. The number of fused-ring (bicyclic) bond motifs is 1. The first kappa shape index (κ1) is 13.4. The molecule has 2 heterocycles. The fourth-order valence-electron chi connectivity index (χ4n) is 3.17. The number of amides is 1. The second-order valence-electron chi connectivity index (χ2n) is 5.72. The van der Waals surface area contributed by atoms with Crippen LogP contribution in [0.5, 0.6) is 0 Å². The van der Waals surface area contributed by atoms with Crippen molar-refractivity contribution in [1.82, 2.24) is 4.90 Å². The first-order chi connectivity index (χ1) is 9.75. The van der Waals surface area contributed by atoms with Crippen LogP contribution in [0, 0.1) is 0 Å². The predicted molar refractivity (Wildman–Crippen MR) is 78.9 cm³/mol. The lowest BCUT2D eigenvalue weighted by Crippen LogP contribution is -2.41. The highest BCUT2D eigenvalue weighted by Gasteiger charge is 2.28. The van der Waals surface area contributed by atoms with Crippen LogP contribution in [0.25, 0.3) is 0 Å². The van der Waals surface area contributed by atoms with Gasteiger partial charge in [0.15, 0.2) is 0 Å². The number of nitrogens with one attached hydrogen (secondary N) is 1. The molecule has 1 atom stereocenters. The molecule has 0 aliphatic carbocycles. The van der Waals surface area contributed by atoms with Crippen molar-refractivity contribution >= 4 is 11.6 Å². The van der Waals surface area contributed by atoms with E-state index in [0.29, 0.717) is 18.4 Å². The molecule has 108 valence electrons. The molecule has 0 radical (unpaired) electrons. The van der Waals surface area contributed by atoms with Gasteiger partial charge in [-0.15, -0.1) is 0 Å². The zero-order valence-electron chi connectivity index (χ0n) is 12.0. The van der Waals surface area contributed by atoms with Crippen LogP contribution in [0.4, 0.5) is 5.69 Å². The fraction of sp³-hybridized carbons (Fsp3) is 0.562. The Morgan fingerprint density at radius 3 is 2.90 bits per heavy atom. The SMILES string of the molecule is CN(C(=O)CC1CNc2ccccc21)C1CCOCC1. The fourth-order valence-corrected chi connectivity index (χ4v) is 3.17. The van der Waals surface area contributed by atoms with Gasteiger partial charge in [0.05, 0.1) is 0 Å². The number of nitrogens with zero attached hydrogens (tertiary/aromatic N) is 1. The third kappa shape index (κ3) is 2.66. The van der Waals surface area contributed by atoms with Crippen molar-refractivity contribution in [3.05, 3.63) is 29.8 Å². The van der Waals surface area contributed by atoms with E-state index in [1.165, 1.54) is 11.3 Å². The highest BCUT2D eigenvalue weighted by Crippen LogP contribution is 2.33. The zero-order chi connectivity index (χ0) is 13.9. The van der Waals surface area contributed by atoms with Crippen LogP contribution < -0.4 is 5.32 Å². The average molecular weight is 274 g/mol. The van der Waals surface area contributed by atoms with Gasteiger partial charge in [-0.05, 0) is 24.5 Å². The Morgan fingerprint density at radius 2 is 2.10 bits per heavy atom. The summed E-state index contributed by atoms with van der Waals surface area (Å²) in [4.78, 5) is 14.4. The summed E-state index contributed by atoms with van der Waals surface area (Å²) in [6.45, 7) is 2.42. The van der Waals surface area contributed by atoms with E-state index in [2.05, 4.69) is 17.4 Å². The number of anilines is 1. The van der Waals surface area contributed by atoms with Crippen LogP contribution in [0.15, 0.2) is 24.3 Å². The van der Waals surface area contributed by atoms with Gasteiger partial charge in [0.25, 0.3) is 0 Å². The van der Waals surface area contributed by atoms with E-state index in [0.717, 1.165) is 32.6 Å². The lowest BCUT2D eigenvalue weighted by molar-refractivity contribution is -0.133. The number of benzene rings is 1. The molecule has 1 aromatic carbocycles. The van der Waals surface area contributed by atoms with Gasteiger partial charge in [0.1, 0.15) is 0 Å². The van der Waals surface area contributed by atoms with Crippen molar-refractivity contribution in [2.45, 2.75) is 31.2 Å². The largest absolute Gasteiger partial charge is 0.384 e. The van der Waals surface area contributed by atoms with E-state index in [4.69, 9.17) is 4.74 Å². The predicted octanol–water partition coefficient (Wildman–Crippen LogP) is 2.22. The molecule has 4 nitrogen and oxygen atoms in total. The Kier molecular flexibility index (Phi) is 3.92. The van der Waals surface area contributed by atoms with Crippen LogP contribution in [0.1, 0.15) is 30.7 Å². The molecular weight excluding hydrogens is 252 g/mol. The van der Waals surface area contributed by atoms with Crippen LogP contribution >= 0.6 is 0 Å². The van der Waals surface area contributed by atoms with E-state index >= 15 is 0 Å². The minimum atomic E-state index is 0.250. The average Bonchev–Trinajstić information content (AvgIpc) is 2.91. The number of hydrogen-bond donors (Lipinski definition) is 1. The van der Waals surface area contributed by atoms with E-state index in [1.54, 1.807) is 0 Å². The number of carbonyl (C=O) groups excluding carboxylic acids is 1. The maximum absolute atomic E-state index is 12.5. The summed E-state index contributed by atoms with van der Waals surface area (Å²) in [5, 5.41) is 3.38. The van der Waals surface area contributed by atoms with Crippen molar-refractivity contribution in [1.29, 1.82) is 0 Å². The van der Waals surface area contributed by atoms with Crippen LogP contribution in [-0.2, 0) is 9.53 Å². The molecule has 2 aliphatic heterocycles. The van der Waals surface area contributed by atoms with Gasteiger partial charge < -0.3 is 15.0 Å². The Balaban J connectivity index is 1.62. The number of carbonyl (C=O) groups is 1. The molecule has 20 heavy (non-hydrogen) atoms. The lowest BCUT2D eigenvalue weighted by atomic mass is 9.96. The molecular formula is C16H22N2O2. The molecule has 1 saturated heterocycles. The summed E-state index contributed by atoms with van der Waals surface area (Å²) in [6, 6.07) is 8.64. The van der Waals surface area contributed by atoms with Crippen LogP contribution in [0.3, 0.4) is 0 Å². The lowest BCUT2D eigenvalue weighted by Gasteiger charge is -2.32. The van der Waals surface area contributed by atoms with E-state index in [9.17, 15) is 4.79 Å². The highest BCUT2D eigenvalue weighted by atomic mass is 16.5. The third-order valence-corrected chi connectivity index (χ3v) is 4.49. The van der Waals surface area contributed by atoms with Crippen molar-refractivity contribution in [2.24, 2.45) is 0 Å². The first-order valence-electron chi connectivity index (χ1n) is 7.42. The van der Waals surface area contributed by atoms with Crippen molar-refractivity contribution < 1.29 is 9.53 Å². The van der Waals surface area contributed by atoms with E-state index in [-0.39, 0.29) is 5.91 Å². The van der Waals surface area contributed by atoms with E-state index < -0.39 is 0 Å². The monoisotopic (exact) mass is 274 g/mol. The maximum atomic E-state index is 12.5. The summed E-state index contributed by atoms with van der Waals surface area (Å²) in [7, 11) is 1.94. The summed E-state index contributed by atoms with van der Waals surface area (Å²) in [6.07, 6.45) is 2.52.